The van der Waals surface area contributed by atoms with Crippen LogP contribution < -0.4 is 0 Å². The highest BCUT2D eigenvalue weighted by Gasteiger charge is 2.23. The van der Waals surface area contributed by atoms with E-state index in [1.54, 1.807) is 11.1 Å². The van der Waals surface area contributed by atoms with Gasteiger partial charge in [0.15, 0.2) is 0 Å². The first-order valence-electron chi connectivity index (χ1n) is 8.54. The second-order valence-electron chi connectivity index (χ2n) is 6.51. The van der Waals surface area contributed by atoms with Gasteiger partial charge in [0.25, 0.3) is 0 Å². The molecule has 1 aromatic heterocycles. The van der Waals surface area contributed by atoms with Crippen molar-refractivity contribution in [3.05, 3.63) is 35.5 Å². The Kier molecular flexibility index (Phi) is 4.34. The van der Waals surface area contributed by atoms with Crippen LogP contribution in [-0.4, -0.2) is 28.6 Å². The van der Waals surface area contributed by atoms with Crippen molar-refractivity contribution in [1.29, 1.82) is 0 Å². The van der Waals surface area contributed by atoms with Crippen molar-refractivity contribution in [3.63, 3.8) is 0 Å². The van der Waals surface area contributed by atoms with Crippen LogP contribution >= 0.6 is 0 Å². The number of hydrogen-bond donors (Lipinski definition) is 0. The Balaban J connectivity index is 1.93. The highest BCUT2D eigenvalue weighted by molar-refractivity contribution is 5.87. The normalized spacial score (nSPS) is 18.4. The molecule has 0 aliphatic heterocycles. The van der Waals surface area contributed by atoms with Gasteiger partial charge < -0.3 is 9.47 Å². The Hall–Kier alpha value is -1.28. The minimum absolute atomic E-state index is 0.716. The molecule has 1 atom stereocenters. The van der Waals surface area contributed by atoms with Gasteiger partial charge in [-0.1, -0.05) is 26.0 Å². The quantitative estimate of drug-likeness (QED) is 0.800. The fourth-order valence-electron chi connectivity index (χ4n) is 4.02. The van der Waals surface area contributed by atoms with E-state index in [4.69, 9.17) is 0 Å². The minimum Gasteiger partial charge on any atom is -0.350 e. The van der Waals surface area contributed by atoms with Gasteiger partial charge in [0, 0.05) is 30.2 Å². The van der Waals surface area contributed by atoms with E-state index in [9.17, 15) is 0 Å². The standard InChI is InChI=1S/C19H28N2/c1-4-11-21(12-5-2)17-10-9-16-14-20(3)18-8-6-7-15(13-17)19(16)18/h6-8,14,17H,4-5,9-13H2,1-3H3. The number of nitrogens with zero attached hydrogens (tertiary/aromatic N) is 2. The van der Waals surface area contributed by atoms with Crippen LogP contribution in [0.4, 0.5) is 0 Å². The number of aromatic nitrogens is 1. The van der Waals surface area contributed by atoms with E-state index in [-0.39, 0.29) is 0 Å². The summed E-state index contributed by atoms with van der Waals surface area (Å²) >= 11 is 0. The van der Waals surface area contributed by atoms with Crippen molar-refractivity contribution in [1.82, 2.24) is 9.47 Å². The molecule has 1 aliphatic rings. The monoisotopic (exact) mass is 284 g/mol. The molecule has 0 spiro atoms. The lowest BCUT2D eigenvalue weighted by atomic mass is 10.0. The van der Waals surface area contributed by atoms with Crippen LogP contribution in [0, 0.1) is 0 Å². The molecule has 2 aromatic rings. The lowest BCUT2D eigenvalue weighted by molar-refractivity contribution is 0.186. The van der Waals surface area contributed by atoms with E-state index < -0.39 is 0 Å². The van der Waals surface area contributed by atoms with Crippen molar-refractivity contribution in [2.75, 3.05) is 13.1 Å². The molecular formula is C19H28N2. The lowest BCUT2D eigenvalue weighted by Crippen LogP contribution is -2.38. The molecule has 114 valence electrons. The van der Waals surface area contributed by atoms with E-state index >= 15 is 0 Å². The largest absolute Gasteiger partial charge is 0.350 e. The van der Waals surface area contributed by atoms with Gasteiger partial charge in [-0.3, -0.25) is 0 Å². The zero-order valence-corrected chi connectivity index (χ0v) is 13.7. The Morgan fingerprint density at radius 2 is 1.90 bits per heavy atom. The average Bonchev–Trinajstić information content (AvgIpc) is 2.69. The molecular weight excluding hydrogens is 256 g/mol. The Morgan fingerprint density at radius 3 is 2.62 bits per heavy atom. The van der Waals surface area contributed by atoms with Crippen LogP contribution in [0.15, 0.2) is 24.4 Å². The summed E-state index contributed by atoms with van der Waals surface area (Å²) in [6.45, 7) is 7.09. The molecule has 2 nitrogen and oxygen atoms in total. The summed E-state index contributed by atoms with van der Waals surface area (Å²) in [5, 5.41) is 1.54. The first-order chi connectivity index (χ1) is 10.2. The summed E-state index contributed by atoms with van der Waals surface area (Å²) in [6, 6.07) is 7.56. The lowest BCUT2D eigenvalue weighted by Gasteiger charge is -2.31. The van der Waals surface area contributed by atoms with Gasteiger partial charge in [-0.25, -0.2) is 0 Å². The molecule has 3 rings (SSSR count). The van der Waals surface area contributed by atoms with E-state index in [2.05, 4.69) is 54.8 Å². The predicted molar refractivity (Wildman–Crippen MR) is 90.9 cm³/mol. The Bertz CT molecular complexity index is 605. The molecule has 1 aromatic carbocycles. The number of rotatable bonds is 5. The molecule has 1 unspecified atom stereocenters. The Labute approximate surface area is 128 Å². The van der Waals surface area contributed by atoms with Gasteiger partial charge in [-0.05, 0) is 62.4 Å². The molecule has 0 bridgehead atoms. The van der Waals surface area contributed by atoms with Crippen LogP contribution in [0.5, 0.6) is 0 Å². The van der Waals surface area contributed by atoms with Crippen LogP contribution in [0.25, 0.3) is 10.9 Å². The maximum absolute atomic E-state index is 2.73. The second-order valence-corrected chi connectivity index (χ2v) is 6.51. The molecule has 0 saturated carbocycles. The molecule has 2 heteroatoms. The molecule has 0 fully saturated rings. The van der Waals surface area contributed by atoms with Gasteiger partial charge in [-0.15, -0.1) is 0 Å². The van der Waals surface area contributed by atoms with E-state index in [1.165, 1.54) is 56.1 Å². The summed E-state index contributed by atoms with van der Waals surface area (Å²) in [6.07, 6.45) is 8.61. The molecule has 0 saturated heterocycles. The fraction of sp³-hybridized carbons (Fsp3) is 0.579. The third kappa shape index (κ3) is 2.74. The van der Waals surface area contributed by atoms with Crippen molar-refractivity contribution in [2.45, 2.75) is 52.0 Å². The summed E-state index contributed by atoms with van der Waals surface area (Å²) in [7, 11) is 2.18. The molecule has 1 aliphatic carbocycles. The molecule has 21 heavy (non-hydrogen) atoms. The molecule has 0 amide bonds. The summed E-state index contributed by atoms with van der Waals surface area (Å²) in [4.78, 5) is 2.73. The number of hydrogen-bond acceptors (Lipinski definition) is 1. The predicted octanol–water partition coefficient (Wildman–Crippen LogP) is 4.16. The summed E-state index contributed by atoms with van der Waals surface area (Å²) in [5.74, 6) is 0. The Morgan fingerprint density at radius 1 is 1.14 bits per heavy atom. The molecule has 1 heterocycles. The SMILES string of the molecule is CCCN(CCC)C1CCc2cn(C)c3cccc(c23)C1. The van der Waals surface area contributed by atoms with E-state index in [0.29, 0.717) is 6.04 Å². The van der Waals surface area contributed by atoms with Crippen LogP contribution in [0.3, 0.4) is 0 Å². The van der Waals surface area contributed by atoms with Gasteiger partial charge in [0.05, 0.1) is 0 Å². The van der Waals surface area contributed by atoms with Crippen LogP contribution in [0.1, 0.15) is 44.2 Å². The van der Waals surface area contributed by atoms with Crippen LogP contribution in [0.2, 0.25) is 0 Å². The second kappa shape index (κ2) is 6.23. The van der Waals surface area contributed by atoms with Crippen molar-refractivity contribution in [2.24, 2.45) is 7.05 Å². The topological polar surface area (TPSA) is 8.17 Å². The van der Waals surface area contributed by atoms with Gasteiger partial charge >= 0.3 is 0 Å². The number of aryl methyl sites for hydroxylation is 2. The third-order valence-electron chi connectivity index (χ3n) is 4.92. The maximum atomic E-state index is 2.73. The third-order valence-corrected chi connectivity index (χ3v) is 4.92. The smallest absolute Gasteiger partial charge is 0.0483 e. The number of benzene rings is 1. The highest BCUT2D eigenvalue weighted by Crippen LogP contribution is 2.31. The van der Waals surface area contributed by atoms with Crippen molar-refractivity contribution in [3.8, 4) is 0 Å². The van der Waals surface area contributed by atoms with E-state index in [1.807, 2.05) is 0 Å². The molecule has 0 radical (unpaired) electrons. The fourth-order valence-corrected chi connectivity index (χ4v) is 4.02. The highest BCUT2D eigenvalue weighted by atomic mass is 15.1. The summed E-state index contributed by atoms with van der Waals surface area (Å²) in [5.41, 5.74) is 4.52. The average molecular weight is 284 g/mol. The minimum atomic E-state index is 0.716. The van der Waals surface area contributed by atoms with E-state index in [0.717, 1.165) is 0 Å². The first kappa shape index (κ1) is 14.6. The first-order valence-corrected chi connectivity index (χ1v) is 8.54. The van der Waals surface area contributed by atoms with Gasteiger partial charge in [0.2, 0.25) is 0 Å². The maximum Gasteiger partial charge on any atom is 0.0483 e. The zero-order chi connectivity index (χ0) is 14.8. The summed E-state index contributed by atoms with van der Waals surface area (Å²) < 4.78 is 2.30. The molecule has 0 N–H and O–H groups in total. The zero-order valence-electron chi connectivity index (χ0n) is 13.7. The van der Waals surface area contributed by atoms with Crippen molar-refractivity contribution < 1.29 is 0 Å². The van der Waals surface area contributed by atoms with Gasteiger partial charge in [0.1, 0.15) is 0 Å². The van der Waals surface area contributed by atoms with Gasteiger partial charge in [-0.2, -0.15) is 0 Å². The van der Waals surface area contributed by atoms with Crippen LogP contribution in [-0.2, 0) is 19.9 Å². The van der Waals surface area contributed by atoms with Crippen molar-refractivity contribution >= 4 is 10.9 Å².